The van der Waals surface area contributed by atoms with Crippen LogP contribution in [0.25, 0.3) is 10.9 Å². The molecule has 0 bridgehead atoms. The van der Waals surface area contributed by atoms with Crippen LogP contribution in [0.15, 0.2) is 30.5 Å². The molecule has 0 fully saturated rings. The number of rotatable bonds is 6. The molecule has 0 aliphatic carbocycles. The number of carbonyl (C=O) groups excluding carboxylic acids is 1. The van der Waals surface area contributed by atoms with E-state index in [1.807, 2.05) is 31.7 Å². The van der Waals surface area contributed by atoms with Crippen molar-refractivity contribution in [3.8, 4) is 0 Å². The molecule has 0 unspecified atom stereocenters. The number of nitrogens with zero attached hydrogens (tertiary/aromatic N) is 1. The number of aromatic nitrogens is 1. The number of hydrogen-bond acceptors (Lipinski definition) is 2. The van der Waals surface area contributed by atoms with Gasteiger partial charge in [-0.05, 0) is 50.4 Å². The average molecular weight is 287 g/mol. The normalized spacial score (nSPS) is 11.8. The van der Waals surface area contributed by atoms with Crippen molar-refractivity contribution in [1.82, 2.24) is 15.2 Å². The predicted octanol–water partition coefficient (Wildman–Crippen LogP) is 2.67. The van der Waals surface area contributed by atoms with Gasteiger partial charge in [0.1, 0.15) is 6.54 Å². The zero-order valence-corrected chi connectivity index (χ0v) is 13.4. The highest BCUT2D eigenvalue weighted by molar-refractivity contribution is 5.84. The fourth-order valence-electron chi connectivity index (χ4n) is 2.34. The molecular formula is C17H25N3O. The monoisotopic (exact) mass is 287 g/mol. The van der Waals surface area contributed by atoms with Crippen LogP contribution in [0.4, 0.5) is 0 Å². The highest BCUT2D eigenvalue weighted by Gasteiger charge is 2.18. The highest BCUT2D eigenvalue weighted by Crippen LogP contribution is 2.18. The summed E-state index contributed by atoms with van der Waals surface area (Å²) in [6, 6.07) is 8.41. The SMILES string of the molecule is CCC(C)(C)NC(=O)Cn1ccc2ccc(CNC)cc21. The van der Waals surface area contributed by atoms with E-state index in [4.69, 9.17) is 0 Å². The maximum absolute atomic E-state index is 12.2. The Morgan fingerprint density at radius 1 is 1.29 bits per heavy atom. The summed E-state index contributed by atoms with van der Waals surface area (Å²) >= 11 is 0. The van der Waals surface area contributed by atoms with Crippen molar-refractivity contribution >= 4 is 16.8 Å². The van der Waals surface area contributed by atoms with Crippen LogP contribution in [0, 0.1) is 0 Å². The number of hydrogen-bond donors (Lipinski definition) is 2. The van der Waals surface area contributed by atoms with Crippen molar-refractivity contribution in [2.75, 3.05) is 7.05 Å². The van der Waals surface area contributed by atoms with Gasteiger partial charge in [-0.15, -0.1) is 0 Å². The Kier molecular flexibility index (Phi) is 4.68. The zero-order chi connectivity index (χ0) is 15.5. The number of benzene rings is 1. The summed E-state index contributed by atoms with van der Waals surface area (Å²) in [7, 11) is 1.93. The van der Waals surface area contributed by atoms with E-state index in [9.17, 15) is 4.79 Å². The van der Waals surface area contributed by atoms with E-state index in [2.05, 4.69) is 41.8 Å². The van der Waals surface area contributed by atoms with Gasteiger partial charge in [0, 0.05) is 23.8 Å². The van der Waals surface area contributed by atoms with Crippen LogP contribution >= 0.6 is 0 Å². The number of amides is 1. The average Bonchev–Trinajstić information content (AvgIpc) is 2.81. The van der Waals surface area contributed by atoms with Gasteiger partial charge in [0.25, 0.3) is 0 Å². The smallest absolute Gasteiger partial charge is 0.240 e. The Labute approximate surface area is 126 Å². The largest absolute Gasteiger partial charge is 0.350 e. The summed E-state index contributed by atoms with van der Waals surface area (Å²) in [5.74, 6) is 0.0540. The maximum atomic E-state index is 12.2. The minimum absolute atomic E-state index is 0.0540. The number of fused-ring (bicyclic) bond motifs is 1. The minimum atomic E-state index is -0.155. The Hall–Kier alpha value is -1.81. The van der Waals surface area contributed by atoms with Crippen LogP contribution in [-0.2, 0) is 17.9 Å². The lowest BCUT2D eigenvalue weighted by atomic mass is 10.0. The third-order valence-electron chi connectivity index (χ3n) is 3.89. The fraction of sp³-hybridized carbons (Fsp3) is 0.471. The molecule has 1 aromatic heterocycles. The second-order valence-corrected chi connectivity index (χ2v) is 6.15. The summed E-state index contributed by atoms with van der Waals surface area (Å²) in [4.78, 5) is 12.2. The van der Waals surface area contributed by atoms with Crippen molar-refractivity contribution < 1.29 is 4.79 Å². The molecule has 4 heteroatoms. The first kappa shape index (κ1) is 15.6. The molecule has 1 heterocycles. The molecule has 1 amide bonds. The van der Waals surface area contributed by atoms with Crippen molar-refractivity contribution in [2.24, 2.45) is 0 Å². The van der Waals surface area contributed by atoms with Gasteiger partial charge in [0.05, 0.1) is 0 Å². The molecule has 0 saturated carbocycles. The molecule has 0 aliphatic heterocycles. The first-order chi connectivity index (χ1) is 9.95. The zero-order valence-electron chi connectivity index (χ0n) is 13.4. The number of nitrogens with one attached hydrogen (secondary N) is 2. The van der Waals surface area contributed by atoms with E-state index in [0.717, 1.165) is 23.9 Å². The third-order valence-corrected chi connectivity index (χ3v) is 3.89. The Morgan fingerprint density at radius 2 is 2.05 bits per heavy atom. The van der Waals surface area contributed by atoms with Crippen LogP contribution in [0.5, 0.6) is 0 Å². The van der Waals surface area contributed by atoms with E-state index < -0.39 is 0 Å². The van der Waals surface area contributed by atoms with E-state index in [1.54, 1.807) is 0 Å². The van der Waals surface area contributed by atoms with Gasteiger partial charge in [-0.25, -0.2) is 0 Å². The Morgan fingerprint density at radius 3 is 2.71 bits per heavy atom. The highest BCUT2D eigenvalue weighted by atomic mass is 16.2. The molecule has 21 heavy (non-hydrogen) atoms. The lowest BCUT2D eigenvalue weighted by molar-refractivity contribution is -0.123. The lowest BCUT2D eigenvalue weighted by Crippen LogP contribution is -2.44. The van der Waals surface area contributed by atoms with Gasteiger partial charge in [-0.2, -0.15) is 0 Å². The Bertz CT molecular complexity index is 628. The van der Waals surface area contributed by atoms with Crippen LogP contribution in [0.1, 0.15) is 32.8 Å². The van der Waals surface area contributed by atoms with Gasteiger partial charge < -0.3 is 15.2 Å². The number of carbonyl (C=O) groups is 1. The van der Waals surface area contributed by atoms with Gasteiger partial charge in [0.15, 0.2) is 0 Å². The fourth-order valence-corrected chi connectivity index (χ4v) is 2.34. The summed E-state index contributed by atoms with van der Waals surface area (Å²) < 4.78 is 2.01. The molecule has 2 rings (SSSR count). The molecule has 2 N–H and O–H groups in total. The second kappa shape index (κ2) is 6.31. The third kappa shape index (κ3) is 3.85. The first-order valence-electron chi connectivity index (χ1n) is 7.48. The van der Waals surface area contributed by atoms with Crippen molar-refractivity contribution in [2.45, 2.75) is 45.8 Å². The molecule has 2 aromatic rings. The molecule has 4 nitrogen and oxygen atoms in total. The molecule has 0 spiro atoms. The predicted molar refractivity (Wildman–Crippen MR) is 87.2 cm³/mol. The minimum Gasteiger partial charge on any atom is -0.350 e. The van der Waals surface area contributed by atoms with Crippen LogP contribution in [-0.4, -0.2) is 23.1 Å². The van der Waals surface area contributed by atoms with Gasteiger partial charge in [0.2, 0.25) is 5.91 Å². The summed E-state index contributed by atoms with van der Waals surface area (Å²) in [6.45, 7) is 7.36. The van der Waals surface area contributed by atoms with Crippen molar-refractivity contribution in [3.05, 3.63) is 36.0 Å². The van der Waals surface area contributed by atoms with Crippen molar-refractivity contribution in [1.29, 1.82) is 0 Å². The standard InChI is InChI=1S/C17H25N3O/c1-5-17(2,3)19-16(21)12-20-9-8-14-7-6-13(11-18-4)10-15(14)20/h6-10,18H,5,11-12H2,1-4H3,(H,19,21). The van der Waals surface area contributed by atoms with E-state index in [-0.39, 0.29) is 11.4 Å². The molecule has 0 aliphatic rings. The summed E-state index contributed by atoms with van der Waals surface area (Å²) in [6.07, 6.45) is 2.89. The molecule has 0 saturated heterocycles. The van der Waals surface area contributed by atoms with E-state index in [1.165, 1.54) is 5.56 Å². The molecule has 114 valence electrons. The van der Waals surface area contributed by atoms with Gasteiger partial charge >= 0.3 is 0 Å². The van der Waals surface area contributed by atoms with E-state index >= 15 is 0 Å². The van der Waals surface area contributed by atoms with E-state index in [0.29, 0.717) is 6.54 Å². The molecular weight excluding hydrogens is 262 g/mol. The Balaban J connectivity index is 2.18. The van der Waals surface area contributed by atoms with Crippen molar-refractivity contribution in [3.63, 3.8) is 0 Å². The summed E-state index contributed by atoms with van der Waals surface area (Å²) in [5, 5.41) is 7.39. The molecule has 0 radical (unpaired) electrons. The lowest BCUT2D eigenvalue weighted by Gasteiger charge is -2.24. The molecule has 0 atom stereocenters. The molecule has 1 aromatic carbocycles. The van der Waals surface area contributed by atoms with Gasteiger partial charge in [-0.1, -0.05) is 19.1 Å². The second-order valence-electron chi connectivity index (χ2n) is 6.15. The maximum Gasteiger partial charge on any atom is 0.240 e. The summed E-state index contributed by atoms with van der Waals surface area (Å²) in [5.41, 5.74) is 2.17. The topological polar surface area (TPSA) is 46.1 Å². The quantitative estimate of drug-likeness (QED) is 0.858. The van der Waals surface area contributed by atoms with Crippen LogP contribution in [0.2, 0.25) is 0 Å². The van der Waals surface area contributed by atoms with Crippen LogP contribution in [0.3, 0.4) is 0 Å². The first-order valence-corrected chi connectivity index (χ1v) is 7.48. The van der Waals surface area contributed by atoms with Gasteiger partial charge in [-0.3, -0.25) is 4.79 Å². The van der Waals surface area contributed by atoms with Crippen LogP contribution < -0.4 is 10.6 Å².